The van der Waals surface area contributed by atoms with E-state index in [2.05, 4.69) is 22.9 Å². The molecule has 2 nitrogen and oxygen atoms in total. The van der Waals surface area contributed by atoms with E-state index in [4.69, 9.17) is 10.5 Å². The molecule has 0 aliphatic rings. The van der Waals surface area contributed by atoms with E-state index in [-0.39, 0.29) is 6.10 Å². The Morgan fingerprint density at radius 1 is 1.50 bits per heavy atom. The van der Waals surface area contributed by atoms with Crippen molar-refractivity contribution in [2.45, 2.75) is 19.4 Å². The summed E-state index contributed by atoms with van der Waals surface area (Å²) in [6, 6.07) is 8.08. The Hall–Kier alpha value is -0.380. The zero-order valence-corrected chi connectivity index (χ0v) is 9.96. The summed E-state index contributed by atoms with van der Waals surface area (Å²) in [5.74, 6) is 0. The molecule has 2 N–H and O–H groups in total. The molecule has 0 fully saturated rings. The van der Waals surface area contributed by atoms with Crippen molar-refractivity contribution in [3.8, 4) is 0 Å². The van der Waals surface area contributed by atoms with Crippen LogP contribution in [0.4, 0.5) is 0 Å². The third-order valence-corrected chi connectivity index (χ3v) is 2.45. The van der Waals surface area contributed by atoms with Gasteiger partial charge >= 0.3 is 0 Å². The molecule has 1 atom stereocenters. The fourth-order valence-electron chi connectivity index (χ4n) is 1.27. The molecule has 14 heavy (non-hydrogen) atoms. The minimum Gasteiger partial charge on any atom is -0.372 e. The lowest BCUT2D eigenvalue weighted by Crippen LogP contribution is -2.16. The van der Waals surface area contributed by atoms with Gasteiger partial charge in [0.2, 0.25) is 0 Å². The van der Waals surface area contributed by atoms with Gasteiger partial charge in [0.25, 0.3) is 0 Å². The number of benzene rings is 1. The number of hydrogen-bond acceptors (Lipinski definition) is 2. The lowest BCUT2D eigenvalue weighted by Gasteiger charge is -2.16. The van der Waals surface area contributed by atoms with Gasteiger partial charge in [-0.3, -0.25) is 0 Å². The van der Waals surface area contributed by atoms with E-state index in [1.54, 1.807) is 0 Å². The topological polar surface area (TPSA) is 35.2 Å². The van der Waals surface area contributed by atoms with Crippen LogP contribution >= 0.6 is 15.9 Å². The second-order valence-corrected chi connectivity index (χ2v) is 4.07. The van der Waals surface area contributed by atoms with E-state index in [1.165, 1.54) is 0 Å². The summed E-state index contributed by atoms with van der Waals surface area (Å²) in [5, 5.41) is 0. The van der Waals surface area contributed by atoms with Crippen molar-refractivity contribution < 1.29 is 4.74 Å². The molecular formula is C11H16BrNO. The first kappa shape index (κ1) is 11.7. The van der Waals surface area contributed by atoms with Crippen molar-refractivity contribution in [1.82, 2.24) is 0 Å². The standard InChI is InChI=1S/C11H16BrNO/c1-2-6-14-11(8-13)9-4-3-5-10(12)7-9/h3-5,7,11H,2,6,8,13H2,1H3. The van der Waals surface area contributed by atoms with E-state index in [0.29, 0.717) is 6.54 Å². The molecule has 0 heterocycles. The summed E-state index contributed by atoms with van der Waals surface area (Å²) >= 11 is 3.43. The molecule has 0 aliphatic heterocycles. The lowest BCUT2D eigenvalue weighted by molar-refractivity contribution is 0.0591. The molecule has 0 aromatic heterocycles. The normalized spacial score (nSPS) is 12.8. The largest absolute Gasteiger partial charge is 0.372 e. The average Bonchev–Trinajstić information content (AvgIpc) is 2.19. The van der Waals surface area contributed by atoms with Crippen LogP contribution in [0.15, 0.2) is 28.7 Å². The molecule has 0 radical (unpaired) electrons. The third-order valence-electron chi connectivity index (χ3n) is 1.96. The fraction of sp³-hybridized carbons (Fsp3) is 0.455. The van der Waals surface area contributed by atoms with E-state index in [1.807, 2.05) is 24.3 Å². The maximum atomic E-state index is 5.66. The molecule has 1 aromatic rings. The SMILES string of the molecule is CCCOC(CN)c1cccc(Br)c1. The number of nitrogens with two attached hydrogens (primary N) is 1. The van der Waals surface area contributed by atoms with Gasteiger partial charge in [-0.2, -0.15) is 0 Å². The van der Waals surface area contributed by atoms with Gasteiger partial charge in [-0.05, 0) is 24.1 Å². The number of ether oxygens (including phenoxy) is 1. The zero-order valence-electron chi connectivity index (χ0n) is 8.37. The minimum atomic E-state index is 0.0208. The van der Waals surface area contributed by atoms with Gasteiger partial charge < -0.3 is 10.5 Å². The molecule has 0 saturated heterocycles. The summed E-state index contributed by atoms with van der Waals surface area (Å²) in [6.45, 7) is 3.37. The highest BCUT2D eigenvalue weighted by molar-refractivity contribution is 9.10. The Kier molecular flexibility index (Phi) is 5.15. The van der Waals surface area contributed by atoms with E-state index < -0.39 is 0 Å². The Balaban J connectivity index is 2.68. The summed E-state index contributed by atoms with van der Waals surface area (Å²) in [6.07, 6.45) is 1.04. The quantitative estimate of drug-likeness (QED) is 0.881. The van der Waals surface area contributed by atoms with Crippen molar-refractivity contribution >= 4 is 15.9 Å². The first-order valence-corrected chi connectivity index (χ1v) is 5.64. The predicted molar refractivity (Wildman–Crippen MR) is 62.2 cm³/mol. The maximum absolute atomic E-state index is 5.66. The van der Waals surface area contributed by atoms with Crippen LogP contribution in [0.3, 0.4) is 0 Å². The molecule has 1 rings (SSSR count). The zero-order chi connectivity index (χ0) is 10.4. The summed E-state index contributed by atoms with van der Waals surface area (Å²) in [7, 11) is 0. The fourth-order valence-corrected chi connectivity index (χ4v) is 1.68. The summed E-state index contributed by atoms with van der Waals surface area (Å²) in [5.41, 5.74) is 6.79. The van der Waals surface area contributed by atoms with Gasteiger partial charge in [0, 0.05) is 17.6 Å². The Morgan fingerprint density at radius 3 is 2.86 bits per heavy atom. The second kappa shape index (κ2) is 6.17. The van der Waals surface area contributed by atoms with Gasteiger partial charge in [0.15, 0.2) is 0 Å². The van der Waals surface area contributed by atoms with Crippen molar-refractivity contribution in [1.29, 1.82) is 0 Å². The third kappa shape index (κ3) is 3.40. The molecule has 0 bridgehead atoms. The molecule has 0 saturated carbocycles. The Morgan fingerprint density at radius 2 is 2.29 bits per heavy atom. The average molecular weight is 258 g/mol. The molecule has 0 amide bonds. The number of rotatable bonds is 5. The van der Waals surface area contributed by atoms with Crippen LogP contribution in [0.2, 0.25) is 0 Å². The highest BCUT2D eigenvalue weighted by Gasteiger charge is 2.09. The first-order valence-electron chi connectivity index (χ1n) is 4.85. The van der Waals surface area contributed by atoms with Crippen LogP contribution in [-0.4, -0.2) is 13.2 Å². The molecule has 1 unspecified atom stereocenters. The van der Waals surface area contributed by atoms with E-state index in [0.717, 1.165) is 23.1 Å². The summed E-state index contributed by atoms with van der Waals surface area (Å²) < 4.78 is 6.70. The van der Waals surface area contributed by atoms with Gasteiger partial charge in [0.1, 0.15) is 0 Å². The molecular weight excluding hydrogens is 242 g/mol. The highest BCUT2D eigenvalue weighted by Crippen LogP contribution is 2.20. The van der Waals surface area contributed by atoms with E-state index >= 15 is 0 Å². The smallest absolute Gasteiger partial charge is 0.0947 e. The van der Waals surface area contributed by atoms with Crippen molar-refractivity contribution in [3.63, 3.8) is 0 Å². The van der Waals surface area contributed by atoms with Gasteiger partial charge in [-0.15, -0.1) is 0 Å². The predicted octanol–water partition coefficient (Wildman–Crippen LogP) is 2.88. The number of halogens is 1. The summed E-state index contributed by atoms with van der Waals surface area (Å²) in [4.78, 5) is 0. The second-order valence-electron chi connectivity index (χ2n) is 3.15. The van der Waals surface area contributed by atoms with Crippen LogP contribution in [0.5, 0.6) is 0 Å². The Labute approximate surface area is 93.6 Å². The molecule has 3 heteroatoms. The molecule has 0 aliphatic carbocycles. The van der Waals surface area contributed by atoms with E-state index in [9.17, 15) is 0 Å². The van der Waals surface area contributed by atoms with Crippen molar-refractivity contribution in [2.75, 3.05) is 13.2 Å². The van der Waals surface area contributed by atoms with Crippen LogP contribution in [-0.2, 0) is 4.74 Å². The van der Waals surface area contributed by atoms with Gasteiger partial charge in [-0.25, -0.2) is 0 Å². The van der Waals surface area contributed by atoms with Crippen molar-refractivity contribution in [3.05, 3.63) is 34.3 Å². The molecule has 1 aromatic carbocycles. The molecule has 0 spiro atoms. The van der Waals surface area contributed by atoms with Crippen LogP contribution in [0, 0.1) is 0 Å². The monoisotopic (exact) mass is 257 g/mol. The highest BCUT2D eigenvalue weighted by atomic mass is 79.9. The Bertz CT molecular complexity index is 278. The van der Waals surface area contributed by atoms with Crippen LogP contribution in [0.25, 0.3) is 0 Å². The first-order chi connectivity index (χ1) is 6.77. The van der Waals surface area contributed by atoms with Crippen molar-refractivity contribution in [2.24, 2.45) is 5.73 Å². The minimum absolute atomic E-state index is 0.0208. The maximum Gasteiger partial charge on any atom is 0.0947 e. The van der Waals surface area contributed by atoms with Gasteiger partial charge in [0.05, 0.1) is 6.10 Å². The number of hydrogen-bond donors (Lipinski definition) is 1. The van der Waals surface area contributed by atoms with Crippen LogP contribution < -0.4 is 5.73 Å². The lowest BCUT2D eigenvalue weighted by atomic mass is 10.1. The van der Waals surface area contributed by atoms with Gasteiger partial charge in [-0.1, -0.05) is 35.0 Å². The molecule has 78 valence electrons. The van der Waals surface area contributed by atoms with Crippen LogP contribution in [0.1, 0.15) is 25.0 Å².